The average molecular weight is 724 g/mol. The van der Waals surface area contributed by atoms with E-state index in [-0.39, 0.29) is 47.5 Å². The van der Waals surface area contributed by atoms with Crippen LogP contribution >= 0.6 is 23.5 Å². The van der Waals surface area contributed by atoms with Gasteiger partial charge in [-0.25, -0.2) is 4.99 Å². The monoisotopic (exact) mass is 723 g/mol. The van der Waals surface area contributed by atoms with E-state index in [1.807, 2.05) is 37.3 Å². The highest BCUT2D eigenvalue weighted by atomic mass is 32.2. The van der Waals surface area contributed by atoms with Gasteiger partial charge in [-0.15, -0.1) is 23.5 Å². The van der Waals surface area contributed by atoms with Crippen molar-refractivity contribution in [2.75, 3.05) is 18.1 Å². The molecule has 0 aromatic heterocycles. The van der Waals surface area contributed by atoms with Crippen LogP contribution in [0.2, 0.25) is 0 Å². The first-order valence-corrected chi connectivity index (χ1v) is 20.0. The molecule has 0 spiro atoms. The van der Waals surface area contributed by atoms with E-state index in [1.54, 1.807) is 4.90 Å². The van der Waals surface area contributed by atoms with Crippen molar-refractivity contribution in [3.63, 3.8) is 0 Å². The number of nitrogens with one attached hydrogen (secondary N) is 3. The lowest BCUT2D eigenvalue weighted by atomic mass is 9.98. The van der Waals surface area contributed by atoms with Crippen LogP contribution in [-0.2, 0) is 30.3 Å². The fourth-order valence-electron chi connectivity index (χ4n) is 7.02. The van der Waals surface area contributed by atoms with Gasteiger partial charge in [0.2, 0.25) is 29.5 Å². The molecule has 1 aromatic rings. The Hall–Kier alpha value is -3.39. The van der Waals surface area contributed by atoms with Gasteiger partial charge in [-0.05, 0) is 37.2 Å². The van der Waals surface area contributed by atoms with Gasteiger partial charge in [0.15, 0.2) is 6.04 Å². The number of fused-ring (bicyclic) bond motifs is 5. The van der Waals surface area contributed by atoms with E-state index in [2.05, 4.69) is 43.6 Å². The molecule has 3 N–H and O–H groups in total. The van der Waals surface area contributed by atoms with E-state index in [0.717, 1.165) is 29.9 Å². The summed E-state index contributed by atoms with van der Waals surface area (Å²) in [5, 5.41) is 10.9. The molecular formula is C36H49N7O5S2. The first-order valence-electron chi connectivity index (χ1n) is 18.0. The molecule has 0 radical (unpaired) electrons. The number of benzene rings is 1. The van der Waals surface area contributed by atoms with Crippen LogP contribution in [0.25, 0.3) is 0 Å². The zero-order valence-electron chi connectivity index (χ0n) is 29.5. The molecule has 0 saturated carbocycles. The van der Waals surface area contributed by atoms with Crippen LogP contribution in [0.3, 0.4) is 0 Å². The van der Waals surface area contributed by atoms with E-state index in [4.69, 9.17) is 19.7 Å². The van der Waals surface area contributed by atoms with E-state index >= 15 is 0 Å². The molecule has 1 aromatic carbocycles. The molecule has 5 aliphatic rings. The van der Waals surface area contributed by atoms with E-state index in [0.29, 0.717) is 41.8 Å². The highest BCUT2D eigenvalue weighted by Gasteiger charge is 2.45. The van der Waals surface area contributed by atoms with Gasteiger partial charge in [0, 0.05) is 24.5 Å². The molecule has 1 fully saturated rings. The lowest BCUT2D eigenvalue weighted by molar-refractivity contribution is -0.136. The third-order valence-corrected chi connectivity index (χ3v) is 12.8. The second kappa shape index (κ2) is 15.9. The van der Waals surface area contributed by atoms with Crippen molar-refractivity contribution < 1.29 is 23.9 Å². The zero-order valence-corrected chi connectivity index (χ0v) is 31.1. The molecule has 12 nitrogen and oxygen atoms in total. The quantitative estimate of drug-likeness (QED) is 0.408. The Morgan fingerprint density at radius 1 is 0.840 bits per heavy atom. The summed E-state index contributed by atoms with van der Waals surface area (Å²) >= 11 is 2.98. The molecule has 5 aliphatic heterocycles. The van der Waals surface area contributed by atoms with E-state index < -0.39 is 36.3 Å². The van der Waals surface area contributed by atoms with Crippen molar-refractivity contribution in [2.45, 2.75) is 115 Å². The Morgan fingerprint density at radius 3 is 2.02 bits per heavy atom. The number of carbonyl (C=O) groups is 4. The number of nitrogens with zero attached hydrogens (tertiary/aromatic N) is 4. The van der Waals surface area contributed by atoms with Gasteiger partial charge in [-0.2, -0.15) is 0 Å². The number of amides is 4. The van der Waals surface area contributed by atoms with Gasteiger partial charge in [-0.3, -0.25) is 29.2 Å². The molecule has 50 heavy (non-hydrogen) atoms. The molecule has 270 valence electrons. The molecule has 5 heterocycles. The SMILES string of the molecule is CCC(C)[C@@H]1NC(=O)[C@@H]2CSC(=N2)[C@H](C(C)CC)NC(=O)[C@H]2N=C(O[C@@H]2C)[C@@H]2CCCN2C(=O)[C@@H](Cc2ccccc2)NC(=O)[C@@H]2CSC1=N2. The van der Waals surface area contributed by atoms with Crippen molar-refractivity contribution in [3.05, 3.63) is 35.9 Å². The number of carbonyl (C=O) groups excluding carboxylic acids is 4. The molecule has 14 heteroatoms. The number of rotatable bonds is 6. The van der Waals surface area contributed by atoms with Crippen molar-refractivity contribution in [2.24, 2.45) is 26.8 Å². The second-order valence-electron chi connectivity index (χ2n) is 14.0. The van der Waals surface area contributed by atoms with Crippen LogP contribution in [0.15, 0.2) is 45.3 Å². The van der Waals surface area contributed by atoms with Crippen LogP contribution < -0.4 is 16.0 Å². The number of aliphatic imine (C=N–C) groups is 3. The lowest BCUT2D eigenvalue weighted by Gasteiger charge is -2.29. The Morgan fingerprint density at radius 2 is 1.42 bits per heavy atom. The number of hydrogen-bond acceptors (Lipinski definition) is 10. The predicted molar refractivity (Wildman–Crippen MR) is 199 cm³/mol. The predicted octanol–water partition coefficient (Wildman–Crippen LogP) is 2.99. The van der Waals surface area contributed by atoms with Crippen molar-refractivity contribution in [3.8, 4) is 0 Å². The minimum Gasteiger partial charge on any atom is -0.474 e. The second-order valence-corrected chi connectivity index (χ2v) is 16.1. The Balaban J connectivity index is 1.37. The summed E-state index contributed by atoms with van der Waals surface area (Å²) in [6, 6.07) is 5.51. The Bertz CT molecular complexity index is 1550. The molecule has 10 atom stereocenters. The molecule has 0 aliphatic carbocycles. The minimum absolute atomic E-state index is 0.0678. The summed E-state index contributed by atoms with van der Waals surface area (Å²) in [6.45, 7) is 10.6. The Kier molecular flexibility index (Phi) is 11.6. The van der Waals surface area contributed by atoms with Crippen LogP contribution in [0.4, 0.5) is 0 Å². The van der Waals surface area contributed by atoms with Gasteiger partial charge in [-0.1, -0.05) is 70.9 Å². The third-order valence-electron chi connectivity index (χ3n) is 10.5. The molecule has 6 rings (SSSR count). The maximum atomic E-state index is 14.4. The van der Waals surface area contributed by atoms with Crippen molar-refractivity contribution in [1.29, 1.82) is 0 Å². The summed E-state index contributed by atoms with van der Waals surface area (Å²) in [4.78, 5) is 72.0. The average Bonchev–Trinajstić information content (AvgIpc) is 3.95. The highest BCUT2D eigenvalue weighted by Crippen LogP contribution is 2.30. The minimum atomic E-state index is -0.838. The molecule has 2 unspecified atom stereocenters. The number of hydrogen-bond donors (Lipinski definition) is 3. The molecular weight excluding hydrogens is 675 g/mol. The largest absolute Gasteiger partial charge is 0.474 e. The first-order chi connectivity index (χ1) is 24.1. The van der Waals surface area contributed by atoms with Gasteiger partial charge in [0.1, 0.15) is 30.3 Å². The Labute approximate surface area is 302 Å². The summed E-state index contributed by atoms with van der Waals surface area (Å²) in [7, 11) is 0. The summed E-state index contributed by atoms with van der Waals surface area (Å²) in [5.41, 5.74) is 0.920. The van der Waals surface area contributed by atoms with Gasteiger partial charge < -0.3 is 25.6 Å². The topological polar surface area (TPSA) is 154 Å². The standard InChI is InChI=1S/C36H49N7O5S2/c1-6-19(3)27-34-38-24(17-49-34)30(44)37-23(16-22-12-9-8-10-13-22)36(47)43-15-11-14-26(43)33-42-29(21(5)48-33)32(46)41-28(20(4)7-2)35-39-25(18-50-35)31(45)40-27/h8-10,12-13,19-21,23-29H,6-7,11,14-18H2,1-5H3,(H,37,44)(H,40,45)(H,41,46)/t19?,20?,21-,23-,24+,25+,26+,27+,28+,29+/m1/s1. The highest BCUT2D eigenvalue weighted by molar-refractivity contribution is 8.14. The summed E-state index contributed by atoms with van der Waals surface area (Å²) < 4.78 is 6.22. The molecule has 4 amide bonds. The maximum absolute atomic E-state index is 14.4. The van der Waals surface area contributed by atoms with Crippen molar-refractivity contribution >= 4 is 63.1 Å². The lowest BCUT2D eigenvalue weighted by Crippen LogP contribution is -2.54. The first kappa shape index (κ1) is 36.4. The molecule has 6 bridgehead atoms. The van der Waals surface area contributed by atoms with Crippen LogP contribution in [0, 0.1) is 11.8 Å². The van der Waals surface area contributed by atoms with Crippen LogP contribution in [0.5, 0.6) is 0 Å². The fraction of sp³-hybridized carbons (Fsp3) is 0.639. The van der Waals surface area contributed by atoms with Crippen LogP contribution in [-0.4, -0.2) is 111 Å². The normalized spacial score (nSPS) is 33.1. The summed E-state index contributed by atoms with van der Waals surface area (Å²) in [5.74, 6) is 0.396. The third kappa shape index (κ3) is 7.75. The van der Waals surface area contributed by atoms with Crippen molar-refractivity contribution in [1.82, 2.24) is 20.9 Å². The van der Waals surface area contributed by atoms with Crippen LogP contribution in [0.1, 0.15) is 65.9 Å². The molecule has 1 saturated heterocycles. The van der Waals surface area contributed by atoms with Gasteiger partial charge in [0.05, 0.1) is 22.2 Å². The number of ether oxygens (including phenoxy) is 1. The zero-order chi connectivity index (χ0) is 35.5. The summed E-state index contributed by atoms with van der Waals surface area (Å²) in [6.07, 6.45) is 2.78. The van der Waals surface area contributed by atoms with E-state index in [9.17, 15) is 19.2 Å². The van der Waals surface area contributed by atoms with Gasteiger partial charge >= 0.3 is 0 Å². The smallest absolute Gasteiger partial charge is 0.249 e. The van der Waals surface area contributed by atoms with E-state index in [1.165, 1.54) is 23.5 Å². The van der Waals surface area contributed by atoms with Gasteiger partial charge in [0.25, 0.3) is 0 Å². The fourth-order valence-corrected chi connectivity index (χ4v) is 9.47. The number of thioether (sulfide) groups is 2. The maximum Gasteiger partial charge on any atom is 0.249 e.